The number of nitrogens with zero attached hydrogens (tertiary/aromatic N) is 1. The zero-order chi connectivity index (χ0) is 24.2. The first kappa shape index (κ1) is 22.5. The molecule has 0 aliphatic heterocycles. The molecule has 0 aliphatic carbocycles. The van der Waals surface area contributed by atoms with Gasteiger partial charge in [0, 0.05) is 22.4 Å². The fourth-order valence-electron chi connectivity index (χ4n) is 3.79. The maximum atomic E-state index is 13.5. The van der Waals surface area contributed by atoms with Crippen LogP contribution in [0.1, 0.15) is 13.8 Å². The highest BCUT2D eigenvalue weighted by Crippen LogP contribution is 2.36. The molecule has 1 atom stereocenters. The molecule has 0 fully saturated rings. The van der Waals surface area contributed by atoms with Crippen molar-refractivity contribution >= 4 is 59.5 Å². The summed E-state index contributed by atoms with van der Waals surface area (Å²) < 4.78 is 48.0. The number of halogens is 1. The number of fused-ring (bicyclic) bond motifs is 4. The predicted molar refractivity (Wildman–Crippen MR) is 129 cm³/mol. The van der Waals surface area contributed by atoms with Crippen LogP contribution in [0.2, 0.25) is 0 Å². The van der Waals surface area contributed by atoms with Gasteiger partial charge in [0.1, 0.15) is 28.0 Å². The molecule has 34 heavy (non-hydrogen) atoms. The number of hydrogen-bond donors (Lipinski definition) is 2. The van der Waals surface area contributed by atoms with E-state index in [2.05, 4.69) is 9.71 Å². The van der Waals surface area contributed by atoms with Crippen molar-refractivity contribution in [1.82, 2.24) is 9.71 Å². The standard InChI is InChI=1S/C24H19FN2O5S2/c1-12(2)22(24(28)29)27-34(30,31)15-5-6-16-17-9-13(3-8-19(17)32-20(16)11-15)23-26-18-7-4-14(25)10-21(18)33-23/h3-12,22,27H,1-2H3,(H,28,29)/t22-/m0/s1. The quantitative estimate of drug-likeness (QED) is 0.325. The second-order valence-corrected chi connectivity index (χ2v) is 11.0. The van der Waals surface area contributed by atoms with Crippen LogP contribution in [0.3, 0.4) is 0 Å². The van der Waals surface area contributed by atoms with Crippen molar-refractivity contribution in [3.8, 4) is 10.6 Å². The lowest BCUT2D eigenvalue weighted by Crippen LogP contribution is -2.44. The summed E-state index contributed by atoms with van der Waals surface area (Å²) in [6.45, 7) is 3.26. The van der Waals surface area contributed by atoms with Gasteiger partial charge in [0.05, 0.1) is 15.1 Å². The molecule has 0 spiro atoms. The molecule has 7 nitrogen and oxygen atoms in total. The Morgan fingerprint density at radius 1 is 1.06 bits per heavy atom. The van der Waals surface area contributed by atoms with Crippen molar-refractivity contribution in [2.75, 3.05) is 0 Å². The third kappa shape index (κ3) is 3.93. The molecule has 5 aromatic rings. The van der Waals surface area contributed by atoms with E-state index in [4.69, 9.17) is 4.42 Å². The van der Waals surface area contributed by atoms with Crippen LogP contribution >= 0.6 is 11.3 Å². The van der Waals surface area contributed by atoms with Gasteiger partial charge in [-0.05, 0) is 54.4 Å². The summed E-state index contributed by atoms with van der Waals surface area (Å²) in [7, 11) is -4.08. The summed E-state index contributed by atoms with van der Waals surface area (Å²) >= 11 is 1.38. The maximum Gasteiger partial charge on any atom is 0.322 e. The Morgan fingerprint density at radius 2 is 1.85 bits per heavy atom. The summed E-state index contributed by atoms with van der Waals surface area (Å²) in [5.41, 5.74) is 2.47. The van der Waals surface area contributed by atoms with E-state index >= 15 is 0 Å². The second-order valence-electron chi connectivity index (χ2n) is 8.28. The van der Waals surface area contributed by atoms with Crippen LogP contribution in [0.15, 0.2) is 63.9 Å². The van der Waals surface area contributed by atoms with Crippen LogP contribution in [0.4, 0.5) is 4.39 Å². The lowest BCUT2D eigenvalue weighted by Gasteiger charge is -2.17. The van der Waals surface area contributed by atoms with Gasteiger partial charge < -0.3 is 9.52 Å². The molecule has 0 saturated carbocycles. The first-order valence-corrected chi connectivity index (χ1v) is 12.7. The highest BCUT2D eigenvalue weighted by molar-refractivity contribution is 7.89. The van der Waals surface area contributed by atoms with Crippen LogP contribution in [0.5, 0.6) is 0 Å². The van der Waals surface area contributed by atoms with E-state index < -0.39 is 28.0 Å². The molecule has 3 aromatic carbocycles. The van der Waals surface area contributed by atoms with Crippen molar-refractivity contribution in [2.24, 2.45) is 5.92 Å². The summed E-state index contributed by atoms with van der Waals surface area (Å²) in [4.78, 5) is 15.9. The number of aliphatic carboxylic acids is 1. The van der Waals surface area contributed by atoms with Gasteiger partial charge in [-0.1, -0.05) is 13.8 Å². The van der Waals surface area contributed by atoms with Gasteiger partial charge in [0.25, 0.3) is 0 Å². The smallest absolute Gasteiger partial charge is 0.322 e. The zero-order valence-electron chi connectivity index (χ0n) is 18.1. The van der Waals surface area contributed by atoms with Crippen LogP contribution < -0.4 is 4.72 Å². The van der Waals surface area contributed by atoms with Crippen molar-refractivity contribution < 1.29 is 27.1 Å². The van der Waals surface area contributed by atoms with E-state index in [1.165, 1.54) is 35.6 Å². The number of thiazole rings is 1. The van der Waals surface area contributed by atoms with E-state index in [0.29, 0.717) is 22.1 Å². The number of rotatable bonds is 6. The van der Waals surface area contributed by atoms with Crippen LogP contribution in [0.25, 0.3) is 42.7 Å². The first-order valence-electron chi connectivity index (χ1n) is 10.4. The van der Waals surface area contributed by atoms with Crippen molar-refractivity contribution in [3.63, 3.8) is 0 Å². The molecule has 10 heteroatoms. The number of benzene rings is 3. The molecule has 0 amide bonds. The zero-order valence-corrected chi connectivity index (χ0v) is 19.7. The fraction of sp³-hybridized carbons (Fsp3) is 0.167. The predicted octanol–water partition coefficient (Wildman–Crippen LogP) is 5.39. The maximum absolute atomic E-state index is 13.5. The largest absolute Gasteiger partial charge is 0.480 e. The number of furan rings is 1. The second kappa shape index (κ2) is 8.15. The third-order valence-electron chi connectivity index (χ3n) is 5.57. The Bertz CT molecular complexity index is 1690. The van der Waals surface area contributed by atoms with Crippen molar-refractivity contribution in [3.05, 3.63) is 60.4 Å². The Hall–Kier alpha value is -3.34. The molecule has 2 heterocycles. The van der Waals surface area contributed by atoms with Gasteiger partial charge in [0.2, 0.25) is 10.0 Å². The number of carbonyl (C=O) groups is 1. The molecule has 2 N–H and O–H groups in total. The number of sulfonamides is 1. The lowest BCUT2D eigenvalue weighted by molar-refractivity contribution is -0.140. The molecule has 0 radical (unpaired) electrons. The topological polar surface area (TPSA) is 110 Å². The average Bonchev–Trinajstić information content (AvgIpc) is 3.36. The molecule has 0 unspecified atom stereocenters. The van der Waals surface area contributed by atoms with Crippen LogP contribution in [-0.2, 0) is 14.8 Å². The summed E-state index contributed by atoms with van der Waals surface area (Å²) in [6.07, 6.45) is 0. The van der Waals surface area contributed by atoms with Gasteiger partial charge in [-0.15, -0.1) is 11.3 Å². The number of carboxylic acid groups (broad SMARTS) is 1. The van der Waals surface area contributed by atoms with Gasteiger partial charge in [-0.3, -0.25) is 4.79 Å². The number of hydrogen-bond acceptors (Lipinski definition) is 6. The van der Waals surface area contributed by atoms with Crippen molar-refractivity contribution in [2.45, 2.75) is 24.8 Å². The highest BCUT2D eigenvalue weighted by atomic mass is 32.2. The fourth-order valence-corrected chi connectivity index (χ4v) is 6.13. The van der Waals surface area contributed by atoms with Gasteiger partial charge in [-0.25, -0.2) is 17.8 Å². The summed E-state index contributed by atoms with van der Waals surface area (Å²) in [6, 6.07) is 13.2. The summed E-state index contributed by atoms with van der Waals surface area (Å²) in [5.74, 6) is -1.99. The average molecular weight is 499 g/mol. The van der Waals surface area contributed by atoms with E-state index in [1.54, 1.807) is 32.0 Å². The normalized spacial score (nSPS) is 13.3. The number of carboxylic acids is 1. The van der Waals surface area contributed by atoms with Gasteiger partial charge in [-0.2, -0.15) is 4.72 Å². The Balaban J connectivity index is 1.55. The van der Waals surface area contributed by atoms with E-state index in [-0.39, 0.29) is 10.7 Å². The minimum Gasteiger partial charge on any atom is -0.480 e. The van der Waals surface area contributed by atoms with Gasteiger partial charge >= 0.3 is 5.97 Å². The van der Waals surface area contributed by atoms with Crippen LogP contribution in [-0.4, -0.2) is 30.5 Å². The van der Waals surface area contributed by atoms with E-state index in [0.717, 1.165) is 20.7 Å². The highest BCUT2D eigenvalue weighted by Gasteiger charge is 2.28. The number of aromatic nitrogens is 1. The van der Waals surface area contributed by atoms with E-state index in [9.17, 15) is 22.7 Å². The van der Waals surface area contributed by atoms with Crippen LogP contribution in [0, 0.1) is 11.7 Å². The van der Waals surface area contributed by atoms with Crippen molar-refractivity contribution in [1.29, 1.82) is 0 Å². The molecule has 5 rings (SSSR count). The SMILES string of the molecule is CC(C)[C@H](NS(=O)(=O)c1ccc2c(c1)oc1ccc(-c3nc4ccc(F)cc4s3)cc12)C(=O)O. The molecular formula is C24H19FN2O5S2. The molecule has 2 aromatic heterocycles. The monoisotopic (exact) mass is 498 g/mol. The first-order chi connectivity index (χ1) is 16.1. The minimum absolute atomic E-state index is 0.0839. The van der Waals surface area contributed by atoms with Gasteiger partial charge in [0.15, 0.2) is 0 Å². The number of nitrogens with one attached hydrogen (secondary N) is 1. The lowest BCUT2D eigenvalue weighted by atomic mass is 10.1. The third-order valence-corrected chi connectivity index (χ3v) is 8.07. The molecule has 0 saturated heterocycles. The molecule has 174 valence electrons. The molecule has 0 aliphatic rings. The molecule has 0 bridgehead atoms. The molecular weight excluding hydrogens is 479 g/mol. The minimum atomic E-state index is -4.08. The Kier molecular flexibility index (Phi) is 5.38. The Labute approximate surface area is 197 Å². The van der Waals surface area contributed by atoms with E-state index in [1.807, 2.05) is 12.1 Å². The summed E-state index contributed by atoms with van der Waals surface area (Å²) in [5, 5.41) is 11.6. The Morgan fingerprint density at radius 3 is 2.59 bits per heavy atom.